The average Bonchev–Trinajstić information content (AvgIpc) is 2.72. The van der Waals surface area contributed by atoms with Crippen molar-refractivity contribution in [2.45, 2.75) is 12.5 Å². The van der Waals surface area contributed by atoms with Crippen molar-refractivity contribution in [3.8, 4) is 0 Å². The minimum absolute atomic E-state index is 0.181. The number of nitrogens with one attached hydrogen (secondary N) is 2. The maximum atomic E-state index is 14.4. The summed E-state index contributed by atoms with van der Waals surface area (Å²) >= 11 is 0. The lowest BCUT2D eigenvalue weighted by Crippen LogP contribution is -2.74. The number of halogens is 1. The number of hydrogen-bond donors (Lipinski definition) is 2. The molecule has 5 rings (SSSR count). The Balaban J connectivity index is 1.62. The number of nitrogens with zero attached hydrogens (tertiary/aromatic N) is 2. The number of urea groups is 1. The summed E-state index contributed by atoms with van der Waals surface area (Å²) in [6.07, 6.45) is 0.181. The Kier molecular flexibility index (Phi) is 3.84. The zero-order valence-electron chi connectivity index (χ0n) is 15.5. The Morgan fingerprint density at radius 3 is 2.28 bits per heavy atom. The Labute approximate surface area is 166 Å². The lowest BCUT2D eigenvalue weighted by atomic mass is 9.68. The van der Waals surface area contributed by atoms with E-state index < -0.39 is 29.3 Å². The number of carbonyl (C=O) groups is 3. The third-order valence-corrected chi connectivity index (χ3v) is 6.18. The third-order valence-electron chi connectivity index (χ3n) is 6.18. The van der Waals surface area contributed by atoms with E-state index in [0.717, 1.165) is 11.3 Å². The van der Waals surface area contributed by atoms with Crippen molar-refractivity contribution in [1.29, 1.82) is 0 Å². The van der Waals surface area contributed by atoms with Crippen molar-refractivity contribution < 1.29 is 18.8 Å². The van der Waals surface area contributed by atoms with Gasteiger partial charge in [0.15, 0.2) is 5.41 Å². The molecule has 4 amide bonds. The molecule has 1 spiro atoms. The molecular formula is C21H19FN4O3. The summed E-state index contributed by atoms with van der Waals surface area (Å²) in [6.45, 7) is 1.35. The first-order valence-electron chi connectivity index (χ1n) is 9.51. The fourth-order valence-electron chi connectivity index (χ4n) is 4.81. The van der Waals surface area contributed by atoms with E-state index in [0.29, 0.717) is 18.8 Å². The molecule has 0 aliphatic carbocycles. The summed E-state index contributed by atoms with van der Waals surface area (Å²) in [6, 6.07) is 12.8. The number of amides is 4. The van der Waals surface area contributed by atoms with Gasteiger partial charge in [0.25, 0.3) is 0 Å². The number of benzene rings is 2. The van der Waals surface area contributed by atoms with Crippen molar-refractivity contribution in [3.05, 3.63) is 59.9 Å². The minimum atomic E-state index is -1.47. The minimum Gasteiger partial charge on any atom is -0.365 e. The van der Waals surface area contributed by atoms with Gasteiger partial charge in [-0.15, -0.1) is 0 Å². The van der Waals surface area contributed by atoms with Crippen molar-refractivity contribution >= 4 is 29.2 Å². The molecule has 3 heterocycles. The van der Waals surface area contributed by atoms with Gasteiger partial charge < -0.3 is 9.80 Å². The van der Waals surface area contributed by atoms with Gasteiger partial charge in [0, 0.05) is 25.3 Å². The number of imide groups is 2. The molecule has 0 aromatic heterocycles. The predicted octanol–water partition coefficient (Wildman–Crippen LogP) is 1.43. The zero-order valence-corrected chi connectivity index (χ0v) is 15.5. The Morgan fingerprint density at radius 1 is 0.897 bits per heavy atom. The van der Waals surface area contributed by atoms with Gasteiger partial charge in [-0.3, -0.25) is 20.2 Å². The van der Waals surface area contributed by atoms with Gasteiger partial charge in [0.1, 0.15) is 5.82 Å². The molecule has 3 aliphatic rings. The van der Waals surface area contributed by atoms with Gasteiger partial charge >= 0.3 is 6.03 Å². The molecule has 0 bridgehead atoms. The summed E-state index contributed by atoms with van der Waals surface area (Å²) in [5.74, 6) is -1.56. The zero-order chi connectivity index (χ0) is 20.2. The van der Waals surface area contributed by atoms with Crippen molar-refractivity contribution in [2.75, 3.05) is 29.4 Å². The van der Waals surface area contributed by atoms with E-state index >= 15 is 0 Å². The van der Waals surface area contributed by atoms with Crippen LogP contribution in [-0.2, 0) is 16.0 Å². The molecule has 2 fully saturated rings. The highest BCUT2D eigenvalue weighted by Crippen LogP contribution is 2.44. The van der Waals surface area contributed by atoms with Crippen LogP contribution in [0.5, 0.6) is 0 Å². The topological polar surface area (TPSA) is 81.8 Å². The predicted molar refractivity (Wildman–Crippen MR) is 104 cm³/mol. The smallest absolute Gasteiger partial charge is 0.328 e. The molecule has 0 radical (unpaired) electrons. The summed E-state index contributed by atoms with van der Waals surface area (Å²) in [4.78, 5) is 41.7. The lowest BCUT2D eigenvalue weighted by molar-refractivity contribution is -0.146. The monoisotopic (exact) mass is 394 g/mol. The van der Waals surface area contributed by atoms with Crippen LogP contribution in [0.4, 0.5) is 20.6 Å². The molecule has 2 saturated heterocycles. The maximum Gasteiger partial charge on any atom is 0.328 e. The van der Waals surface area contributed by atoms with Gasteiger partial charge in [-0.25, -0.2) is 9.18 Å². The highest BCUT2D eigenvalue weighted by molar-refractivity contribution is 6.20. The Bertz CT molecular complexity index is 1020. The van der Waals surface area contributed by atoms with E-state index in [1.54, 1.807) is 18.2 Å². The first-order chi connectivity index (χ1) is 14.0. The Hall–Kier alpha value is -3.42. The highest BCUT2D eigenvalue weighted by Gasteiger charge is 2.60. The summed E-state index contributed by atoms with van der Waals surface area (Å²) < 4.78 is 14.4. The van der Waals surface area contributed by atoms with Gasteiger partial charge in [-0.1, -0.05) is 30.3 Å². The quantitative estimate of drug-likeness (QED) is 0.716. The van der Waals surface area contributed by atoms with E-state index in [4.69, 9.17) is 0 Å². The molecule has 2 aromatic carbocycles. The van der Waals surface area contributed by atoms with E-state index in [1.165, 1.54) is 6.07 Å². The molecule has 148 valence electrons. The van der Waals surface area contributed by atoms with Crippen LogP contribution in [0.1, 0.15) is 5.56 Å². The summed E-state index contributed by atoms with van der Waals surface area (Å²) in [5, 5.41) is 4.54. The van der Waals surface area contributed by atoms with E-state index in [2.05, 4.69) is 10.6 Å². The second-order valence-electron chi connectivity index (χ2n) is 7.62. The standard InChI is InChI=1S/C21H19FN4O3/c22-14-6-2-4-8-16(14)25-9-10-26-15-7-3-1-5-13(15)11-21(17(26)12-25)18(27)23-20(29)24-19(21)28/h1-8,17H,9-12H2,(H2,23,24,27,28,29)/t17-/m0/s1. The van der Waals surface area contributed by atoms with Crippen LogP contribution >= 0.6 is 0 Å². The molecule has 2 N–H and O–H groups in total. The molecule has 7 nitrogen and oxygen atoms in total. The van der Waals surface area contributed by atoms with Crippen molar-refractivity contribution in [1.82, 2.24) is 10.6 Å². The van der Waals surface area contributed by atoms with Gasteiger partial charge in [0.05, 0.1) is 11.7 Å². The number of fused-ring (bicyclic) bond motifs is 4. The first-order valence-corrected chi connectivity index (χ1v) is 9.51. The number of anilines is 2. The lowest BCUT2D eigenvalue weighted by Gasteiger charge is -2.54. The van der Waals surface area contributed by atoms with Gasteiger partial charge in [-0.2, -0.15) is 0 Å². The fourth-order valence-corrected chi connectivity index (χ4v) is 4.81. The van der Waals surface area contributed by atoms with Gasteiger partial charge in [-0.05, 0) is 30.2 Å². The molecule has 8 heteroatoms. The van der Waals surface area contributed by atoms with Crippen LogP contribution in [0.15, 0.2) is 48.5 Å². The largest absolute Gasteiger partial charge is 0.365 e. The number of hydrogen-bond acceptors (Lipinski definition) is 5. The third kappa shape index (κ3) is 2.52. The van der Waals surface area contributed by atoms with Crippen LogP contribution in [0, 0.1) is 11.2 Å². The van der Waals surface area contributed by atoms with Crippen LogP contribution in [0.25, 0.3) is 0 Å². The average molecular weight is 394 g/mol. The molecule has 29 heavy (non-hydrogen) atoms. The van der Waals surface area contributed by atoms with E-state index in [1.807, 2.05) is 34.1 Å². The van der Waals surface area contributed by atoms with E-state index in [9.17, 15) is 18.8 Å². The molecule has 1 atom stereocenters. The molecule has 2 aromatic rings. The second-order valence-corrected chi connectivity index (χ2v) is 7.62. The molecule has 0 saturated carbocycles. The van der Waals surface area contributed by atoms with Crippen LogP contribution in [0.2, 0.25) is 0 Å². The number of barbiturate groups is 1. The maximum absolute atomic E-state index is 14.4. The number of piperazine rings is 1. The molecular weight excluding hydrogens is 375 g/mol. The normalized spacial score (nSPS) is 22.7. The van der Waals surface area contributed by atoms with Crippen molar-refractivity contribution in [3.63, 3.8) is 0 Å². The van der Waals surface area contributed by atoms with Crippen LogP contribution in [0.3, 0.4) is 0 Å². The molecule has 0 unspecified atom stereocenters. The van der Waals surface area contributed by atoms with Crippen LogP contribution in [-0.4, -0.2) is 43.5 Å². The number of rotatable bonds is 1. The van der Waals surface area contributed by atoms with Crippen molar-refractivity contribution in [2.24, 2.45) is 5.41 Å². The van der Waals surface area contributed by atoms with E-state index in [-0.39, 0.29) is 18.8 Å². The number of carbonyl (C=O) groups excluding carboxylic acids is 3. The van der Waals surface area contributed by atoms with Gasteiger partial charge in [0.2, 0.25) is 11.8 Å². The fraction of sp³-hybridized carbons (Fsp3) is 0.286. The summed E-state index contributed by atoms with van der Waals surface area (Å²) in [5.41, 5.74) is 0.817. The SMILES string of the molecule is O=C1NC(=O)C2(Cc3ccccc3N3CCN(c4ccccc4F)C[C@H]32)C(=O)N1. The number of para-hydroxylation sites is 2. The molecule has 3 aliphatic heterocycles. The highest BCUT2D eigenvalue weighted by atomic mass is 19.1. The van der Waals surface area contributed by atoms with Crippen LogP contribution < -0.4 is 20.4 Å². The Morgan fingerprint density at radius 2 is 1.55 bits per heavy atom. The first kappa shape index (κ1) is 17.7. The second kappa shape index (κ2) is 6.30. The summed E-state index contributed by atoms with van der Waals surface area (Å²) in [7, 11) is 0.